The second-order valence-electron chi connectivity index (χ2n) is 5.16. The van der Waals surface area contributed by atoms with Crippen LogP contribution < -0.4 is 5.32 Å². The third-order valence-corrected chi connectivity index (χ3v) is 4.16. The summed E-state index contributed by atoms with van der Waals surface area (Å²) in [6.07, 6.45) is 0. The van der Waals surface area contributed by atoms with Gasteiger partial charge < -0.3 is 5.32 Å². The standard InChI is InChI=1S/C13H16F2N2S/c1-13(2)7-17-12(18-8-13)16-6-9-5-10(14)3-4-11(9)15/h3-5H,6-8H2,1-2H3,(H,16,17). The molecule has 1 aliphatic rings. The zero-order valence-corrected chi connectivity index (χ0v) is 11.3. The normalized spacial score (nSPS) is 18.3. The molecule has 0 amide bonds. The summed E-state index contributed by atoms with van der Waals surface area (Å²) in [6.45, 7) is 5.34. The van der Waals surface area contributed by atoms with Gasteiger partial charge in [-0.3, -0.25) is 4.99 Å². The second-order valence-corrected chi connectivity index (χ2v) is 6.13. The molecular formula is C13H16F2N2S. The van der Waals surface area contributed by atoms with E-state index in [1.54, 1.807) is 11.8 Å². The molecule has 0 unspecified atom stereocenters. The summed E-state index contributed by atoms with van der Waals surface area (Å²) < 4.78 is 26.4. The first kappa shape index (κ1) is 13.3. The molecule has 1 aromatic carbocycles. The van der Waals surface area contributed by atoms with Gasteiger partial charge in [0, 0.05) is 24.4 Å². The number of nitrogens with one attached hydrogen (secondary N) is 1. The SMILES string of the molecule is CC1(C)CN=C(NCc2cc(F)ccc2F)SC1. The first-order valence-corrected chi connectivity index (χ1v) is 6.80. The van der Waals surface area contributed by atoms with Gasteiger partial charge in [-0.15, -0.1) is 0 Å². The third-order valence-electron chi connectivity index (χ3n) is 2.69. The molecule has 1 aromatic rings. The molecule has 0 atom stereocenters. The molecule has 0 spiro atoms. The Kier molecular flexibility index (Phi) is 3.90. The third kappa shape index (κ3) is 3.45. The lowest BCUT2D eigenvalue weighted by Gasteiger charge is -2.27. The van der Waals surface area contributed by atoms with Gasteiger partial charge in [-0.2, -0.15) is 0 Å². The van der Waals surface area contributed by atoms with Crippen LogP contribution in [0.3, 0.4) is 0 Å². The van der Waals surface area contributed by atoms with E-state index in [-0.39, 0.29) is 12.0 Å². The van der Waals surface area contributed by atoms with Crippen LogP contribution in [-0.4, -0.2) is 17.5 Å². The molecule has 2 nitrogen and oxygen atoms in total. The average Bonchev–Trinajstić information content (AvgIpc) is 2.32. The van der Waals surface area contributed by atoms with Gasteiger partial charge in [0.05, 0.1) is 0 Å². The fourth-order valence-electron chi connectivity index (χ4n) is 1.60. The summed E-state index contributed by atoms with van der Waals surface area (Å²) in [4.78, 5) is 4.40. The number of benzene rings is 1. The lowest BCUT2D eigenvalue weighted by molar-refractivity contribution is 0.436. The van der Waals surface area contributed by atoms with E-state index in [9.17, 15) is 8.78 Å². The molecule has 1 aliphatic heterocycles. The Labute approximate surface area is 110 Å². The molecule has 0 saturated carbocycles. The van der Waals surface area contributed by atoms with Crippen LogP contribution in [0.4, 0.5) is 8.78 Å². The smallest absolute Gasteiger partial charge is 0.156 e. The predicted octanol–water partition coefficient (Wildman–Crippen LogP) is 3.18. The fourth-order valence-corrected chi connectivity index (χ4v) is 2.55. The molecule has 98 valence electrons. The fraction of sp³-hybridized carbons (Fsp3) is 0.462. The van der Waals surface area contributed by atoms with E-state index in [1.807, 2.05) is 0 Å². The van der Waals surface area contributed by atoms with Crippen LogP contribution in [0.1, 0.15) is 19.4 Å². The molecular weight excluding hydrogens is 254 g/mol. The number of halogens is 2. The molecule has 0 fully saturated rings. The van der Waals surface area contributed by atoms with Crippen molar-refractivity contribution in [2.24, 2.45) is 10.4 Å². The van der Waals surface area contributed by atoms with E-state index in [2.05, 4.69) is 24.2 Å². The summed E-state index contributed by atoms with van der Waals surface area (Å²) >= 11 is 1.62. The Bertz CT molecular complexity index is 472. The lowest BCUT2D eigenvalue weighted by Crippen LogP contribution is -2.31. The number of nitrogens with zero attached hydrogens (tertiary/aromatic N) is 1. The Morgan fingerprint density at radius 2 is 2.17 bits per heavy atom. The van der Waals surface area contributed by atoms with Crippen LogP contribution >= 0.6 is 11.8 Å². The number of amidine groups is 1. The van der Waals surface area contributed by atoms with Gasteiger partial charge in [-0.05, 0) is 23.6 Å². The number of hydrogen-bond acceptors (Lipinski definition) is 3. The maximum atomic E-state index is 13.4. The highest BCUT2D eigenvalue weighted by Crippen LogP contribution is 2.27. The molecule has 0 saturated heterocycles. The van der Waals surface area contributed by atoms with Crippen LogP contribution in [0.2, 0.25) is 0 Å². The first-order valence-electron chi connectivity index (χ1n) is 5.81. The largest absolute Gasteiger partial charge is 0.361 e. The van der Waals surface area contributed by atoms with E-state index < -0.39 is 11.6 Å². The first-order chi connectivity index (χ1) is 8.46. The van der Waals surface area contributed by atoms with Crippen LogP contribution in [-0.2, 0) is 6.54 Å². The van der Waals surface area contributed by atoms with Crippen molar-refractivity contribution in [3.8, 4) is 0 Å². The number of thioether (sulfide) groups is 1. The summed E-state index contributed by atoms with van der Waals surface area (Å²) in [5.41, 5.74) is 0.531. The highest BCUT2D eigenvalue weighted by Gasteiger charge is 2.23. The summed E-state index contributed by atoms with van der Waals surface area (Å²) in [7, 11) is 0. The molecule has 0 aromatic heterocycles. The van der Waals surface area contributed by atoms with Gasteiger partial charge in [0.1, 0.15) is 11.6 Å². The van der Waals surface area contributed by atoms with Crippen LogP contribution in [0.15, 0.2) is 23.2 Å². The lowest BCUT2D eigenvalue weighted by atomic mass is 9.97. The van der Waals surface area contributed by atoms with Crippen molar-refractivity contribution in [3.05, 3.63) is 35.4 Å². The maximum absolute atomic E-state index is 13.4. The highest BCUT2D eigenvalue weighted by molar-refractivity contribution is 8.13. The summed E-state index contributed by atoms with van der Waals surface area (Å²) in [6, 6.07) is 3.47. The average molecular weight is 270 g/mol. The molecule has 2 rings (SSSR count). The Morgan fingerprint density at radius 3 is 2.83 bits per heavy atom. The second kappa shape index (κ2) is 5.26. The number of aliphatic imine (C=N–C) groups is 1. The minimum Gasteiger partial charge on any atom is -0.361 e. The van der Waals surface area contributed by atoms with E-state index in [1.165, 1.54) is 6.07 Å². The van der Waals surface area contributed by atoms with Crippen molar-refractivity contribution in [1.29, 1.82) is 0 Å². The van der Waals surface area contributed by atoms with Gasteiger partial charge in [-0.1, -0.05) is 25.6 Å². The van der Waals surface area contributed by atoms with Crippen LogP contribution in [0.25, 0.3) is 0 Å². The predicted molar refractivity (Wildman–Crippen MR) is 71.7 cm³/mol. The van der Waals surface area contributed by atoms with Gasteiger partial charge in [0.15, 0.2) is 5.17 Å². The zero-order valence-electron chi connectivity index (χ0n) is 10.5. The molecule has 0 aliphatic carbocycles. The van der Waals surface area contributed by atoms with E-state index in [0.29, 0.717) is 5.56 Å². The van der Waals surface area contributed by atoms with E-state index >= 15 is 0 Å². The van der Waals surface area contributed by atoms with Crippen molar-refractivity contribution in [2.75, 3.05) is 12.3 Å². The molecule has 0 radical (unpaired) electrons. The summed E-state index contributed by atoms with van der Waals surface area (Å²) in [5.74, 6) is 0.156. The molecule has 1 heterocycles. The Hall–Kier alpha value is -1.10. The molecule has 5 heteroatoms. The van der Waals surface area contributed by atoms with Gasteiger partial charge in [0.2, 0.25) is 0 Å². The number of rotatable bonds is 2. The van der Waals surface area contributed by atoms with Crippen LogP contribution in [0, 0.1) is 17.0 Å². The van der Waals surface area contributed by atoms with Crippen LogP contribution in [0.5, 0.6) is 0 Å². The topological polar surface area (TPSA) is 24.4 Å². The molecule has 18 heavy (non-hydrogen) atoms. The van der Waals surface area contributed by atoms with Crippen molar-refractivity contribution in [3.63, 3.8) is 0 Å². The van der Waals surface area contributed by atoms with Gasteiger partial charge in [-0.25, -0.2) is 8.78 Å². The summed E-state index contributed by atoms with van der Waals surface area (Å²) in [5, 5.41) is 3.85. The Balaban J connectivity index is 1.96. The van der Waals surface area contributed by atoms with E-state index in [0.717, 1.165) is 29.6 Å². The minimum absolute atomic E-state index is 0.208. The minimum atomic E-state index is -0.424. The monoisotopic (exact) mass is 270 g/mol. The highest BCUT2D eigenvalue weighted by atomic mass is 32.2. The van der Waals surface area contributed by atoms with Crippen molar-refractivity contribution in [2.45, 2.75) is 20.4 Å². The molecule has 1 N–H and O–H groups in total. The quantitative estimate of drug-likeness (QED) is 0.892. The van der Waals surface area contributed by atoms with Crippen molar-refractivity contribution >= 4 is 16.9 Å². The maximum Gasteiger partial charge on any atom is 0.156 e. The number of hydrogen-bond donors (Lipinski definition) is 1. The zero-order chi connectivity index (χ0) is 13.2. The van der Waals surface area contributed by atoms with Gasteiger partial charge in [0.25, 0.3) is 0 Å². The van der Waals surface area contributed by atoms with Crippen molar-refractivity contribution < 1.29 is 8.78 Å². The Morgan fingerprint density at radius 1 is 1.39 bits per heavy atom. The molecule has 0 bridgehead atoms. The van der Waals surface area contributed by atoms with E-state index in [4.69, 9.17) is 0 Å². The van der Waals surface area contributed by atoms with Gasteiger partial charge >= 0.3 is 0 Å². The van der Waals surface area contributed by atoms with Crippen molar-refractivity contribution in [1.82, 2.24) is 5.32 Å².